The van der Waals surface area contributed by atoms with Gasteiger partial charge in [0.25, 0.3) is 0 Å². The minimum atomic E-state index is 0.759. The Kier molecular flexibility index (Phi) is 2.14. The van der Waals surface area contributed by atoms with Crippen molar-refractivity contribution < 1.29 is 0 Å². The Labute approximate surface area is 92.3 Å². The van der Waals surface area contributed by atoms with E-state index in [1.54, 1.807) is 6.20 Å². The molecule has 16 heavy (non-hydrogen) atoms. The van der Waals surface area contributed by atoms with Gasteiger partial charge >= 0.3 is 0 Å². The average Bonchev–Trinajstić information content (AvgIpc) is 3.01. The molecule has 2 aromatic heterocycles. The molecule has 0 amide bonds. The second kappa shape index (κ2) is 3.77. The molecular weight excluding hydrogens is 202 g/mol. The van der Waals surface area contributed by atoms with E-state index in [1.807, 2.05) is 12.3 Å². The zero-order chi connectivity index (χ0) is 10.8. The average molecular weight is 213 g/mol. The van der Waals surface area contributed by atoms with Crippen LogP contribution in [0.25, 0.3) is 11.3 Å². The zero-order valence-electron chi connectivity index (χ0n) is 8.64. The highest BCUT2D eigenvalue weighted by atomic mass is 15.1. The topological polar surface area (TPSA) is 69.7 Å². The summed E-state index contributed by atoms with van der Waals surface area (Å²) in [7, 11) is 0. The van der Waals surface area contributed by atoms with Crippen molar-refractivity contribution in [2.24, 2.45) is 4.99 Å². The van der Waals surface area contributed by atoms with Gasteiger partial charge in [0, 0.05) is 18.2 Å². The summed E-state index contributed by atoms with van der Waals surface area (Å²) in [6, 6.07) is 2.00. The van der Waals surface area contributed by atoms with Gasteiger partial charge < -0.3 is 0 Å². The van der Waals surface area contributed by atoms with E-state index in [4.69, 9.17) is 0 Å². The lowest BCUT2D eigenvalue weighted by molar-refractivity contribution is 1.06. The van der Waals surface area contributed by atoms with Crippen LogP contribution >= 0.6 is 0 Å². The number of H-pyrrole nitrogens is 2. The lowest BCUT2D eigenvalue weighted by atomic mass is 10.1. The normalized spacial score (nSPS) is 15.1. The predicted molar refractivity (Wildman–Crippen MR) is 61.3 cm³/mol. The fourth-order valence-electron chi connectivity index (χ4n) is 1.70. The van der Waals surface area contributed by atoms with Crippen molar-refractivity contribution in [1.82, 2.24) is 20.4 Å². The van der Waals surface area contributed by atoms with E-state index >= 15 is 0 Å². The molecule has 1 aliphatic heterocycles. The lowest BCUT2D eigenvalue weighted by Gasteiger charge is -2.03. The number of nitrogens with one attached hydrogen (secondary N) is 2. The van der Waals surface area contributed by atoms with Crippen molar-refractivity contribution in [1.29, 1.82) is 0 Å². The van der Waals surface area contributed by atoms with E-state index in [-0.39, 0.29) is 0 Å². The smallest absolute Gasteiger partial charge is 0.0959 e. The second-order valence-electron chi connectivity index (χ2n) is 3.62. The number of rotatable bonds is 2. The van der Waals surface area contributed by atoms with E-state index in [0.29, 0.717) is 0 Å². The molecule has 2 aromatic rings. The van der Waals surface area contributed by atoms with Crippen molar-refractivity contribution in [2.45, 2.75) is 6.42 Å². The third-order valence-electron chi connectivity index (χ3n) is 2.55. The van der Waals surface area contributed by atoms with Gasteiger partial charge in [-0.2, -0.15) is 10.2 Å². The van der Waals surface area contributed by atoms with E-state index in [0.717, 1.165) is 35.6 Å². The molecule has 80 valence electrons. The Balaban J connectivity index is 1.91. The molecule has 0 saturated heterocycles. The molecule has 5 heteroatoms. The van der Waals surface area contributed by atoms with Crippen LogP contribution in [-0.4, -0.2) is 32.7 Å². The maximum absolute atomic E-state index is 4.43. The maximum atomic E-state index is 4.43. The molecule has 3 rings (SSSR count). The minimum absolute atomic E-state index is 0.759. The van der Waals surface area contributed by atoms with Crippen molar-refractivity contribution in [2.75, 3.05) is 6.54 Å². The summed E-state index contributed by atoms with van der Waals surface area (Å²) in [4.78, 5) is 4.43. The molecule has 2 N–H and O–H groups in total. The first kappa shape index (κ1) is 9.08. The van der Waals surface area contributed by atoms with E-state index in [1.165, 1.54) is 0 Å². The summed E-state index contributed by atoms with van der Waals surface area (Å²) >= 11 is 0. The Morgan fingerprint density at radius 2 is 2.25 bits per heavy atom. The first-order chi connectivity index (χ1) is 7.93. The second-order valence-corrected chi connectivity index (χ2v) is 3.62. The molecule has 3 heterocycles. The molecule has 0 saturated carbocycles. The number of hydrogen-bond donors (Lipinski definition) is 2. The van der Waals surface area contributed by atoms with Gasteiger partial charge in [-0.15, -0.1) is 0 Å². The van der Waals surface area contributed by atoms with Crippen molar-refractivity contribution >= 4 is 5.71 Å². The minimum Gasteiger partial charge on any atom is -0.285 e. The molecule has 0 aliphatic carbocycles. The Morgan fingerprint density at radius 3 is 3.00 bits per heavy atom. The number of hydrogen-bond acceptors (Lipinski definition) is 3. The van der Waals surface area contributed by atoms with Gasteiger partial charge in [-0.25, -0.2) is 0 Å². The van der Waals surface area contributed by atoms with Gasteiger partial charge in [-0.1, -0.05) is 12.2 Å². The molecule has 0 radical (unpaired) electrons. The molecule has 1 aliphatic rings. The van der Waals surface area contributed by atoms with Gasteiger partial charge in [0.15, 0.2) is 0 Å². The number of allylic oxidation sites excluding steroid dienone is 1. The van der Waals surface area contributed by atoms with Gasteiger partial charge in [-0.3, -0.25) is 15.2 Å². The monoisotopic (exact) mass is 213 g/mol. The molecule has 0 fully saturated rings. The van der Waals surface area contributed by atoms with Gasteiger partial charge in [-0.05, 0) is 6.07 Å². The Bertz CT molecular complexity index is 532. The van der Waals surface area contributed by atoms with Crippen LogP contribution in [0.5, 0.6) is 0 Å². The first-order valence-electron chi connectivity index (χ1n) is 5.17. The maximum Gasteiger partial charge on any atom is 0.0959 e. The standard InChI is InChI=1S/C11H11N5/c1-2-4-12-9(3-1)11-5-10(15-16-11)8-6-13-14-7-8/h1-2,5-7H,3-4H2,(H,13,14)(H,15,16). The first-order valence-corrected chi connectivity index (χ1v) is 5.17. The summed E-state index contributed by atoms with van der Waals surface area (Å²) in [5.41, 5.74) is 3.92. The molecule has 5 nitrogen and oxygen atoms in total. The molecule has 0 bridgehead atoms. The van der Waals surface area contributed by atoms with Crippen LogP contribution in [0.2, 0.25) is 0 Å². The third-order valence-corrected chi connectivity index (χ3v) is 2.55. The van der Waals surface area contributed by atoms with Crippen molar-refractivity contribution in [3.8, 4) is 11.3 Å². The molecule has 0 spiro atoms. The van der Waals surface area contributed by atoms with Crippen LogP contribution in [0.3, 0.4) is 0 Å². The number of nitrogens with zero attached hydrogens (tertiary/aromatic N) is 3. The zero-order valence-corrected chi connectivity index (χ0v) is 8.64. The van der Waals surface area contributed by atoms with E-state index in [2.05, 4.69) is 37.5 Å². The summed E-state index contributed by atoms with van der Waals surface area (Å²) in [6.45, 7) is 0.759. The number of dihydropyridines is 1. The van der Waals surface area contributed by atoms with Crippen LogP contribution < -0.4 is 0 Å². The molecule has 0 atom stereocenters. The van der Waals surface area contributed by atoms with Crippen LogP contribution in [-0.2, 0) is 0 Å². The van der Waals surface area contributed by atoms with Gasteiger partial charge in [0.05, 0.1) is 29.8 Å². The predicted octanol–water partition coefficient (Wildman–Crippen LogP) is 1.55. The number of aromatic nitrogens is 4. The molecule has 0 unspecified atom stereocenters. The third kappa shape index (κ3) is 1.56. The number of aliphatic imine (C=N–C) groups is 1. The fraction of sp³-hybridized carbons (Fsp3) is 0.182. The van der Waals surface area contributed by atoms with E-state index in [9.17, 15) is 0 Å². The molecular formula is C11H11N5. The largest absolute Gasteiger partial charge is 0.285 e. The highest BCUT2D eigenvalue weighted by Crippen LogP contribution is 2.17. The lowest BCUT2D eigenvalue weighted by Crippen LogP contribution is -2.04. The summed E-state index contributed by atoms with van der Waals surface area (Å²) in [6.07, 6.45) is 8.63. The Morgan fingerprint density at radius 1 is 1.25 bits per heavy atom. The highest BCUT2D eigenvalue weighted by molar-refractivity contribution is 6.01. The van der Waals surface area contributed by atoms with Crippen LogP contribution in [0.4, 0.5) is 0 Å². The highest BCUT2D eigenvalue weighted by Gasteiger charge is 2.09. The van der Waals surface area contributed by atoms with Crippen molar-refractivity contribution in [3.05, 3.63) is 36.3 Å². The summed E-state index contributed by atoms with van der Waals surface area (Å²) in [5, 5.41) is 13.9. The Hall–Kier alpha value is -2.17. The van der Waals surface area contributed by atoms with Crippen molar-refractivity contribution in [3.63, 3.8) is 0 Å². The SMILES string of the molecule is C1=CCC(c2cc(-c3cn[nH]c3)n[nH]2)=NC1. The van der Waals surface area contributed by atoms with Crippen LogP contribution in [0.1, 0.15) is 12.1 Å². The van der Waals surface area contributed by atoms with Gasteiger partial charge in [0.1, 0.15) is 0 Å². The van der Waals surface area contributed by atoms with E-state index < -0.39 is 0 Å². The van der Waals surface area contributed by atoms with Crippen LogP contribution in [0.15, 0.2) is 35.6 Å². The van der Waals surface area contributed by atoms with Gasteiger partial charge in [0.2, 0.25) is 0 Å². The summed E-state index contributed by atoms with van der Waals surface area (Å²) in [5.74, 6) is 0. The fourth-order valence-corrected chi connectivity index (χ4v) is 1.70. The van der Waals surface area contributed by atoms with Crippen LogP contribution in [0, 0.1) is 0 Å². The summed E-state index contributed by atoms with van der Waals surface area (Å²) < 4.78 is 0. The molecule has 0 aromatic carbocycles. The quantitative estimate of drug-likeness (QED) is 0.743. The number of aromatic amines is 2.